The minimum atomic E-state index is -0.371. The monoisotopic (exact) mass is 284 g/mol. The van der Waals surface area contributed by atoms with Crippen molar-refractivity contribution in [3.05, 3.63) is 11.6 Å². The maximum atomic E-state index is 11.9. The van der Waals surface area contributed by atoms with Gasteiger partial charge >= 0.3 is 11.9 Å². The molecule has 0 aliphatic rings. The smallest absolute Gasteiger partial charge is 0.337 e. The van der Waals surface area contributed by atoms with Crippen molar-refractivity contribution in [2.45, 2.75) is 59.8 Å². The van der Waals surface area contributed by atoms with E-state index < -0.39 is 0 Å². The van der Waals surface area contributed by atoms with Gasteiger partial charge in [0.2, 0.25) is 0 Å². The number of hydrogen-bond acceptors (Lipinski definition) is 4. The summed E-state index contributed by atoms with van der Waals surface area (Å²) in [6, 6.07) is 0. The maximum Gasteiger partial charge on any atom is 0.337 e. The van der Waals surface area contributed by atoms with Gasteiger partial charge in [-0.15, -0.1) is 0 Å². The molecular formula is C16H28O4. The van der Waals surface area contributed by atoms with E-state index >= 15 is 0 Å². The lowest BCUT2D eigenvalue weighted by molar-refractivity contribution is -0.145. The van der Waals surface area contributed by atoms with Crippen LogP contribution in [0.25, 0.3) is 0 Å². The fourth-order valence-electron chi connectivity index (χ4n) is 1.47. The SMILES string of the molecule is CCCC=C(COC(=O)CC(C)C)C(=O)OCCCC. The average molecular weight is 284 g/mol. The molecule has 0 unspecified atom stereocenters. The second-order valence-electron chi connectivity index (χ2n) is 5.27. The molecule has 0 aliphatic heterocycles. The Morgan fingerprint density at radius 1 is 1.10 bits per heavy atom. The fourth-order valence-corrected chi connectivity index (χ4v) is 1.47. The van der Waals surface area contributed by atoms with Crippen LogP contribution in [0.5, 0.6) is 0 Å². The molecule has 4 heteroatoms. The standard InChI is InChI=1S/C16H28O4/c1-5-7-9-14(16(18)19-10-8-6-2)12-20-15(17)11-13(3)4/h9,13H,5-8,10-12H2,1-4H3. The van der Waals surface area contributed by atoms with Crippen LogP contribution in [0.3, 0.4) is 0 Å². The molecule has 0 N–H and O–H groups in total. The highest BCUT2D eigenvalue weighted by Gasteiger charge is 2.14. The van der Waals surface area contributed by atoms with E-state index in [0.29, 0.717) is 18.6 Å². The number of allylic oxidation sites excluding steroid dienone is 1. The summed E-state index contributed by atoms with van der Waals surface area (Å²) in [4.78, 5) is 23.4. The Morgan fingerprint density at radius 3 is 2.35 bits per heavy atom. The molecule has 0 bridgehead atoms. The predicted molar refractivity (Wildman–Crippen MR) is 79.3 cm³/mol. The highest BCUT2D eigenvalue weighted by atomic mass is 16.5. The number of carbonyl (C=O) groups excluding carboxylic acids is 2. The first-order chi connectivity index (χ1) is 9.51. The molecule has 4 nitrogen and oxygen atoms in total. The molecule has 0 amide bonds. The van der Waals surface area contributed by atoms with Gasteiger partial charge in [0.05, 0.1) is 12.2 Å². The van der Waals surface area contributed by atoms with E-state index in [1.807, 2.05) is 27.7 Å². The van der Waals surface area contributed by atoms with E-state index in [9.17, 15) is 9.59 Å². The maximum absolute atomic E-state index is 11.9. The van der Waals surface area contributed by atoms with E-state index in [1.54, 1.807) is 6.08 Å². The van der Waals surface area contributed by atoms with Crippen LogP contribution in [-0.2, 0) is 19.1 Å². The lowest BCUT2D eigenvalue weighted by atomic mass is 10.1. The lowest BCUT2D eigenvalue weighted by Gasteiger charge is -2.10. The van der Waals surface area contributed by atoms with Gasteiger partial charge in [-0.25, -0.2) is 4.79 Å². The van der Waals surface area contributed by atoms with Gasteiger partial charge in [-0.3, -0.25) is 4.79 Å². The summed E-state index contributed by atoms with van der Waals surface area (Å²) in [5.74, 6) is -0.393. The molecule has 0 aromatic carbocycles. The number of ether oxygens (including phenoxy) is 2. The number of rotatable bonds is 10. The molecule has 0 aromatic heterocycles. The Morgan fingerprint density at radius 2 is 1.80 bits per heavy atom. The molecule has 0 spiro atoms. The van der Waals surface area contributed by atoms with Crippen molar-refractivity contribution in [3.8, 4) is 0 Å². The molecule has 0 saturated heterocycles. The van der Waals surface area contributed by atoms with Crippen LogP contribution < -0.4 is 0 Å². The predicted octanol–water partition coefficient (Wildman–Crippen LogP) is 3.65. The van der Waals surface area contributed by atoms with E-state index in [-0.39, 0.29) is 24.5 Å². The van der Waals surface area contributed by atoms with Crippen LogP contribution in [0.15, 0.2) is 11.6 Å². The summed E-state index contributed by atoms with van der Waals surface area (Å²) in [7, 11) is 0. The van der Waals surface area contributed by atoms with Crippen LogP contribution in [0.4, 0.5) is 0 Å². The fraction of sp³-hybridized carbons (Fsp3) is 0.750. The molecule has 0 saturated carbocycles. The van der Waals surface area contributed by atoms with Gasteiger partial charge in [0.25, 0.3) is 0 Å². The van der Waals surface area contributed by atoms with E-state index in [1.165, 1.54) is 0 Å². The molecule has 20 heavy (non-hydrogen) atoms. The third kappa shape index (κ3) is 9.59. The Bertz CT molecular complexity index is 318. The van der Waals surface area contributed by atoms with Crippen molar-refractivity contribution in [2.24, 2.45) is 5.92 Å². The Balaban J connectivity index is 4.34. The van der Waals surface area contributed by atoms with Crippen molar-refractivity contribution < 1.29 is 19.1 Å². The molecular weight excluding hydrogens is 256 g/mol. The molecule has 0 aromatic rings. The third-order valence-electron chi connectivity index (χ3n) is 2.64. The Hall–Kier alpha value is -1.32. The van der Waals surface area contributed by atoms with E-state index in [0.717, 1.165) is 25.7 Å². The zero-order valence-corrected chi connectivity index (χ0v) is 13.2. The van der Waals surface area contributed by atoms with Crippen molar-refractivity contribution in [1.82, 2.24) is 0 Å². The minimum Gasteiger partial charge on any atom is -0.462 e. The summed E-state index contributed by atoms with van der Waals surface area (Å²) in [5, 5.41) is 0. The number of unbranched alkanes of at least 4 members (excludes halogenated alkanes) is 2. The van der Waals surface area contributed by atoms with Crippen molar-refractivity contribution in [3.63, 3.8) is 0 Å². The quantitative estimate of drug-likeness (QED) is 0.349. The van der Waals surface area contributed by atoms with Crippen molar-refractivity contribution in [2.75, 3.05) is 13.2 Å². The van der Waals surface area contributed by atoms with Crippen molar-refractivity contribution >= 4 is 11.9 Å². The van der Waals surface area contributed by atoms with E-state index in [2.05, 4.69) is 0 Å². The molecule has 0 atom stereocenters. The summed E-state index contributed by atoms with van der Waals surface area (Å²) in [6.07, 6.45) is 5.71. The molecule has 0 aliphatic carbocycles. The van der Waals surface area contributed by atoms with Gasteiger partial charge in [-0.05, 0) is 18.8 Å². The van der Waals surface area contributed by atoms with Crippen molar-refractivity contribution in [1.29, 1.82) is 0 Å². The average Bonchev–Trinajstić information content (AvgIpc) is 2.38. The lowest BCUT2D eigenvalue weighted by Crippen LogP contribution is -2.17. The van der Waals surface area contributed by atoms with Crippen LogP contribution in [0, 0.1) is 5.92 Å². The van der Waals surface area contributed by atoms with Gasteiger partial charge in [0.1, 0.15) is 6.61 Å². The summed E-state index contributed by atoms with van der Waals surface area (Å²) >= 11 is 0. The van der Waals surface area contributed by atoms with Gasteiger partial charge in [-0.2, -0.15) is 0 Å². The van der Waals surface area contributed by atoms with Gasteiger partial charge < -0.3 is 9.47 Å². The van der Waals surface area contributed by atoms with Crippen LogP contribution >= 0.6 is 0 Å². The number of carbonyl (C=O) groups is 2. The molecule has 0 fully saturated rings. The molecule has 0 heterocycles. The Kier molecular flexibility index (Phi) is 10.7. The van der Waals surface area contributed by atoms with Gasteiger partial charge in [0, 0.05) is 6.42 Å². The topological polar surface area (TPSA) is 52.6 Å². The molecule has 0 rings (SSSR count). The summed E-state index contributed by atoms with van der Waals surface area (Å²) in [6.45, 7) is 8.40. The first kappa shape index (κ1) is 18.7. The highest BCUT2D eigenvalue weighted by molar-refractivity contribution is 5.89. The normalized spacial score (nSPS) is 11.6. The minimum absolute atomic E-state index is 0.0104. The number of esters is 2. The molecule has 0 radical (unpaired) electrons. The highest BCUT2D eigenvalue weighted by Crippen LogP contribution is 2.07. The van der Waals surface area contributed by atoms with E-state index in [4.69, 9.17) is 9.47 Å². The summed E-state index contributed by atoms with van der Waals surface area (Å²) in [5.41, 5.74) is 0.444. The molecule has 116 valence electrons. The zero-order chi connectivity index (χ0) is 15.4. The second kappa shape index (κ2) is 11.5. The first-order valence-electron chi connectivity index (χ1n) is 7.53. The first-order valence-corrected chi connectivity index (χ1v) is 7.53. The second-order valence-corrected chi connectivity index (χ2v) is 5.27. The third-order valence-corrected chi connectivity index (χ3v) is 2.64. The number of hydrogen-bond donors (Lipinski definition) is 0. The van der Waals surface area contributed by atoms with Gasteiger partial charge in [-0.1, -0.05) is 46.6 Å². The van der Waals surface area contributed by atoms with Crippen LogP contribution in [0.2, 0.25) is 0 Å². The largest absolute Gasteiger partial charge is 0.462 e. The summed E-state index contributed by atoms with van der Waals surface area (Å²) < 4.78 is 10.3. The zero-order valence-electron chi connectivity index (χ0n) is 13.2. The van der Waals surface area contributed by atoms with Crippen LogP contribution in [0.1, 0.15) is 59.8 Å². The van der Waals surface area contributed by atoms with Crippen LogP contribution in [-0.4, -0.2) is 25.2 Å². The Labute approximate surface area is 122 Å². The van der Waals surface area contributed by atoms with Gasteiger partial charge in [0.15, 0.2) is 0 Å².